The Morgan fingerprint density at radius 2 is 2.06 bits per heavy atom. The van der Waals surface area contributed by atoms with E-state index in [9.17, 15) is 4.79 Å². The molecule has 4 heteroatoms. The van der Waals surface area contributed by atoms with E-state index in [4.69, 9.17) is 4.42 Å². The molecule has 4 nitrogen and oxygen atoms in total. The molecule has 0 unspecified atom stereocenters. The summed E-state index contributed by atoms with van der Waals surface area (Å²) < 4.78 is 5.24. The van der Waals surface area contributed by atoms with Crippen molar-refractivity contribution < 1.29 is 9.21 Å². The second kappa shape index (κ2) is 5.16. The van der Waals surface area contributed by atoms with Gasteiger partial charge in [0.1, 0.15) is 5.76 Å². The third-order valence-electron chi connectivity index (χ3n) is 2.35. The van der Waals surface area contributed by atoms with Crippen LogP contribution >= 0.6 is 0 Å². The summed E-state index contributed by atoms with van der Waals surface area (Å²) in [5, 5.41) is 5.97. The minimum absolute atomic E-state index is 0.0338. The lowest BCUT2D eigenvalue weighted by molar-refractivity contribution is 0.0907. The summed E-state index contributed by atoms with van der Waals surface area (Å²) in [4.78, 5) is 11.7. The monoisotopic (exact) mass is 224 g/mol. The molecule has 0 aliphatic carbocycles. The van der Waals surface area contributed by atoms with Crippen LogP contribution in [0, 0.1) is 12.3 Å². The third kappa shape index (κ3) is 3.70. The van der Waals surface area contributed by atoms with Crippen molar-refractivity contribution in [3.05, 3.63) is 23.7 Å². The van der Waals surface area contributed by atoms with Crippen molar-refractivity contribution in [2.24, 2.45) is 5.41 Å². The van der Waals surface area contributed by atoms with E-state index in [1.807, 2.05) is 14.0 Å². The van der Waals surface area contributed by atoms with Gasteiger partial charge in [0.05, 0.1) is 0 Å². The summed E-state index contributed by atoms with van der Waals surface area (Å²) >= 11 is 0. The van der Waals surface area contributed by atoms with Crippen LogP contribution in [0.4, 0.5) is 0 Å². The first-order chi connectivity index (χ1) is 7.44. The lowest BCUT2D eigenvalue weighted by Crippen LogP contribution is -2.39. The molecule has 2 N–H and O–H groups in total. The van der Waals surface area contributed by atoms with Crippen LogP contribution in [-0.4, -0.2) is 26.0 Å². The van der Waals surface area contributed by atoms with Crippen molar-refractivity contribution in [1.82, 2.24) is 10.6 Å². The Kier molecular flexibility index (Phi) is 4.12. The van der Waals surface area contributed by atoms with Gasteiger partial charge in [-0.3, -0.25) is 4.79 Å². The molecule has 1 rings (SSSR count). The Labute approximate surface area is 96.4 Å². The fraction of sp³-hybridized carbons (Fsp3) is 0.583. The zero-order valence-corrected chi connectivity index (χ0v) is 10.4. The number of nitrogens with one attached hydrogen (secondary N) is 2. The number of hydrogen-bond acceptors (Lipinski definition) is 3. The van der Waals surface area contributed by atoms with Crippen molar-refractivity contribution in [2.45, 2.75) is 20.8 Å². The van der Waals surface area contributed by atoms with Crippen LogP contribution < -0.4 is 10.6 Å². The SMILES string of the molecule is CNCC(C)(C)CNC(=O)c1ccc(C)o1. The summed E-state index contributed by atoms with van der Waals surface area (Å²) in [5.74, 6) is 0.967. The molecule has 1 amide bonds. The maximum absolute atomic E-state index is 11.7. The van der Waals surface area contributed by atoms with E-state index in [-0.39, 0.29) is 11.3 Å². The zero-order valence-electron chi connectivity index (χ0n) is 10.4. The van der Waals surface area contributed by atoms with Gasteiger partial charge in [-0.2, -0.15) is 0 Å². The fourth-order valence-corrected chi connectivity index (χ4v) is 1.50. The van der Waals surface area contributed by atoms with Gasteiger partial charge < -0.3 is 15.1 Å². The number of hydrogen-bond donors (Lipinski definition) is 2. The molecule has 0 radical (unpaired) electrons. The van der Waals surface area contributed by atoms with Gasteiger partial charge in [0.25, 0.3) is 5.91 Å². The molecule has 16 heavy (non-hydrogen) atoms. The molecule has 0 aliphatic rings. The highest BCUT2D eigenvalue weighted by molar-refractivity contribution is 5.91. The lowest BCUT2D eigenvalue weighted by atomic mass is 9.93. The standard InChI is InChI=1S/C12H20N2O2/c1-9-5-6-10(16-9)11(15)14-8-12(2,3)7-13-4/h5-6,13H,7-8H2,1-4H3,(H,14,15). The Hall–Kier alpha value is -1.29. The summed E-state index contributed by atoms with van der Waals surface area (Å²) in [6.07, 6.45) is 0. The summed E-state index contributed by atoms with van der Waals surface area (Å²) in [6.45, 7) is 7.48. The number of furan rings is 1. The summed E-state index contributed by atoms with van der Waals surface area (Å²) in [5.41, 5.74) is 0.0338. The maximum Gasteiger partial charge on any atom is 0.287 e. The van der Waals surface area contributed by atoms with Gasteiger partial charge in [-0.1, -0.05) is 13.8 Å². The highest BCUT2D eigenvalue weighted by atomic mass is 16.3. The molecular formula is C12H20N2O2. The van der Waals surface area contributed by atoms with Crippen LogP contribution in [0.2, 0.25) is 0 Å². The molecule has 0 saturated carbocycles. The lowest BCUT2D eigenvalue weighted by Gasteiger charge is -2.24. The van der Waals surface area contributed by atoms with Crippen LogP contribution in [0.25, 0.3) is 0 Å². The highest BCUT2D eigenvalue weighted by Crippen LogP contribution is 2.12. The minimum atomic E-state index is -0.155. The largest absolute Gasteiger partial charge is 0.456 e. The van der Waals surface area contributed by atoms with Gasteiger partial charge in [-0.25, -0.2) is 0 Å². The first-order valence-corrected chi connectivity index (χ1v) is 5.44. The van der Waals surface area contributed by atoms with Crippen LogP contribution in [0.3, 0.4) is 0 Å². The van der Waals surface area contributed by atoms with Crippen LogP contribution in [0.5, 0.6) is 0 Å². The van der Waals surface area contributed by atoms with Crippen molar-refractivity contribution >= 4 is 5.91 Å². The first kappa shape index (κ1) is 12.8. The number of rotatable bonds is 5. The minimum Gasteiger partial charge on any atom is -0.456 e. The van der Waals surface area contributed by atoms with E-state index in [2.05, 4.69) is 24.5 Å². The third-order valence-corrected chi connectivity index (χ3v) is 2.35. The topological polar surface area (TPSA) is 54.3 Å². The highest BCUT2D eigenvalue weighted by Gasteiger charge is 2.19. The van der Waals surface area contributed by atoms with Gasteiger partial charge >= 0.3 is 0 Å². The fourth-order valence-electron chi connectivity index (χ4n) is 1.50. The van der Waals surface area contributed by atoms with E-state index >= 15 is 0 Å². The number of aryl methyl sites for hydroxylation is 1. The molecule has 1 aromatic rings. The Bertz CT molecular complexity index is 356. The average Bonchev–Trinajstić information content (AvgIpc) is 2.61. The predicted octanol–water partition coefficient (Wildman–Crippen LogP) is 1.56. The van der Waals surface area contributed by atoms with Crippen LogP contribution in [0.15, 0.2) is 16.5 Å². The normalized spacial score (nSPS) is 11.5. The van der Waals surface area contributed by atoms with E-state index in [1.165, 1.54) is 0 Å². The molecule has 0 atom stereocenters. The number of carbonyl (C=O) groups excluding carboxylic acids is 1. The summed E-state index contributed by atoms with van der Waals surface area (Å²) in [7, 11) is 1.90. The van der Waals surface area contributed by atoms with Gasteiger partial charge in [0.2, 0.25) is 0 Å². The smallest absolute Gasteiger partial charge is 0.287 e. The van der Waals surface area contributed by atoms with Crippen molar-refractivity contribution in [1.29, 1.82) is 0 Å². The van der Waals surface area contributed by atoms with Crippen LogP contribution in [0.1, 0.15) is 30.2 Å². The molecule has 0 bridgehead atoms. The molecule has 0 fully saturated rings. The first-order valence-electron chi connectivity index (χ1n) is 5.44. The molecule has 0 aliphatic heterocycles. The predicted molar refractivity (Wildman–Crippen MR) is 63.5 cm³/mol. The van der Waals surface area contributed by atoms with Gasteiger partial charge in [0.15, 0.2) is 5.76 Å². The summed E-state index contributed by atoms with van der Waals surface area (Å²) in [6, 6.07) is 3.48. The Morgan fingerprint density at radius 3 is 2.56 bits per heavy atom. The van der Waals surface area contributed by atoms with E-state index in [0.29, 0.717) is 12.3 Å². The van der Waals surface area contributed by atoms with Crippen molar-refractivity contribution in [3.8, 4) is 0 Å². The quantitative estimate of drug-likeness (QED) is 0.798. The van der Waals surface area contributed by atoms with E-state index in [1.54, 1.807) is 12.1 Å². The maximum atomic E-state index is 11.7. The number of carbonyl (C=O) groups is 1. The van der Waals surface area contributed by atoms with Crippen molar-refractivity contribution in [2.75, 3.05) is 20.1 Å². The van der Waals surface area contributed by atoms with Gasteiger partial charge in [-0.15, -0.1) is 0 Å². The molecule has 1 aromatic heterocycles. The molecular weight excluding hydrogens is 204 g/mol. The number of amides is 1. The Morgan fingerprint density at radius 1 is 1.38 bits per heavy atom. The zero-order chi connectivity index (χ0) is 12.2. The van der Waals surface area contributed by atoms with Gasteiger partial charge in [0, 0.05) is 13.1 Å². The second-order valence-corrected chi connectivity index (χ2v) is 4.79. The average molecular weight is 224 g/mol. The van der Waals surface area contributed by atoms with Crippen molar-refractivity contribution in [3.63, 3.8) is 0 Å². The molecule has 0 aromatic carbocycles. The Balaban J connectivity index is 2.47. The molecule has 1 heterocycles. The molecule has 90 valence electrons. The van der Waals surface area contributed by atoms with Crippen LogP contribution in [-0.2, 0) is 0 Å². The van der Waals surface area contributed by atoms with E-state index in [0.717, 1.165) is 12.3 Å². The molecule has 0 spiro atoms. The molecule has 0 saturated heterocycles. The van der Waals surface area contributed by atoms with Gasteiger partial charge in [-0.05, 0) is 31.5 Å². The second-order valence-electron chi connectivity index (χ2n) is 4.79. The van der Waals surface area contributed by atoms with E-state index < -0.39 is 0 Å².